The summed E-state index contributed by atoms with van der Waals surface area (Å²) in [6.45, 7) is 10.1. The first kappa shape index (κ1) is 17.6. The van der Waals surface area contributed by atoms with Crippen LogP contribution >= 0.6 is 0 Å². The van der Waals surface area contributed by atoms with E-state index < -0.39 is 13.2 Å². The van der Waals surface area contributed by atoms with Crippen LogP contribution in [0.2, 0.25) is 0 Å². The lowest BCUT2D eigenvalue weighted by Gasteiger charge is -2.32. The van der Waals surface area contributed by atoms with Crippen molar-refractivity contribution in [3.8, 4) is 5.75 Å². The first-order valence-electron chi connectivity index (χ1n) is 7.68. The molecule has 7 heteroatoms. The number of ether oxygens (including phenoxy) is 1. The molecule has 1 saturated heterocycles. The van der Waals surface area contributed by atoms with E-state index in [1.165, 1.54) is 0 Å². The average Bonchev–Trinajstić information content (AvgIpc) is 2.65. The third kappa shape index (κ3) is 4.17. The largest absolute Gasteiger partial charge is 0.494 e. The van der Waals surface area contributed by atoms with E-state index in [2.05, 4.69) is 5.32 Å². The first-order valence-corrected chi connectivity index (χ1v) is 7.68. The summed E-state index contributed by atoms with van der Waals surface area (Å²) in [5.74, 6) is 0.671. The molecule has 0 aliphatic carbocycles. The Balaban J connectivity index is 1.94. The van der Waals surface area contributed by atoms with E-state index in [4.69, 9.17) is 19.2 Å². The molecule has 6 nitrogen and oxygen atoms in total. The fourth-order valence-electron chi connectivity index (χ4n) is 2.17. The average molecular weight is 321 g/mol. The summed E-state index contributed by atoms with van der Waals surface area (Å²) >= 11 is 0. The van der Waals surface area contributed by atoms with Crippen molar-refractivity contribution in [1.82, 2.24) is 5.32 Å². The zero-order chi connectivity index (χ0) is 17.3. The van der Waals surface area contributed by atoms with Crippen LogP contribution in [-0.4, -0.2) is 42.2 Å². The first-order chi connectivity index (χ1) is 10.6. The van der Waals surface area contributed by atoms with E-state index >= 15 is 0 Å². The molecule has 1 aliphatic heterocycles. The molecule has 1 aromatic rings. The van der Waals surface area contributed by atoms with Crippen molar-refractivity contribution >= 4 is 18.7 Å². The summed E-state index contributed by atoms with van der Waals surface area (Å²) in [7, 11) is -0.401. The monoisotopic (exact) mass is 321 g/mol. The van der Waals surface area contributed by atoms with Gasteiger partial charge in [-0.15, -0.1) is 0 Å². The lowest BCUT2D eigenvalue weighted by Crippen LogP contribution is -2.41. The summed E-state index contributed by atoms with van der Waals surface area (Å²) in [5, 5.41) is 11.0. The Morgan fingerprint density at radius 3 is 2.22 bits per heavy atom. The van der Waals surface area contributed by atoms with Gasteiger partial charge < -0.3 is 24.5 Å². The van der Waals surface area contributed by atoms with Crippen molar-refractivity contribution in [1.29, 1.82) is 0 Å². The number of amides is 1. The highest BCUT2D eigenvalue weighted by atomic mass is 16.7. The fraction of sp³-hybridized carbons (Fsp3) is 0.562. The molecule has 1 atom stereocenters. The van der Waals surface area contributed by atoms with Gasteiger partial charge in [-0.3, -0.25) is 0 Å². The van der Waals surface area contributed by atoms with Gasteiger partial charge in [-0.25, -0.2) is 4.79 Å². The number of benzene rings is 1. The van der Waals surface area contributed by atoms with Crippen LogP contribution in [0.3, 0.4) is 0 Å². The topological polar surface area (TPSA) is 77.0 Å². The van der Waals surface area contributed by atoms with Gasteiger partial charge in [0.2, 0.25) is 0 Å². The van der Waals surface area contributed by atoms with E-state index in [0.29, 0.717) is 5.75 Å². The third-order valence-electron chi connectivity index (χ3n) is 4.28. The maximum absolute atomic E-state index is 10.5. The molecule has 0 unspecified atom stereocenters. The molecule has 1 fully saturated rings. The Labute approximate surface area is 137 Å². The van der Waals surface area contributed by atoms with E-state index in [1.807, 2.05) is 52.0 Å². The highest BCUT2D eigenvalue weighted by Crippen LogP contribution is 2.36. The normalized spacial score (nSPS) is 20.1. The van der Waals surface area contributed by atoms with Gasteiger partial charge in [-0.2, -0.15) is 0 Å². The third-order valence-corrected chi connectivity index (χ3v) is 4.28. The van der Waals surface area contributed by atoms with Crippen LogP contribution in [0, 0.1) is 0 Å². The number of hydrogen-bond donors (Lipinski definition) is 2. The molecule has 1 amide bonds. The van der Waals surface area contributed by atoms with Crippen LogP contribution < -0.4 is 15.5 Å². The zero-order valence-electron chi connectivity index (χ0n) is 14.3. The van der Waals surface area contributed by atoms with Crippen LogP contribution in [0.25, 0.3) is 0 Å². The van der Waals surface area contributed by atoms with E-state index in [9.17, 15) is 4.79 Å². The van der Waals surface area contributed by atoms with Crippen LogP contribution in [0.4, 0.5) is 4.79 Å². The minimum absolute atomic E-state index is 0.266. The Hall–Kier alpha value is -1.73. The fourth-order valence-corrected chi connectivity index (χ4v) is 2.17. The van der Waals surface area contributed by atoms with E-state index in [-0.39, 0.29) is 23.9 Å². The quantitative estimate of drug-likeness (QED) is 0.812. The second-order valence-corrected chi connectivity index (χ2v) is 6.82. The Bertz CT molecular complexity index is 542. The number of carbonyl (C=O) groups is 1. The van der Waals surface area contributed by atoms with Crippen LogP contribution in [0.1, 0.15) is 34.6 Å². The van der Waals surface area contributed by atoms with Gasteiger partial charge in [-0.1, -0.05) is 12.1 Å². The van der Waals surface area contributed by atoms with Crippen molar-refractivity contribution in [2.75, 3.05) is 6.61 Å². The van der Waals surface area contributed by atoms with Crippen molar-refractivity contribution in [2.24, 2.45) is 0 Å². The predicted octanol–water partition coefficient (Wildman–Crippen LogP) is 2.02. The molecule has 0 spiro atoms. The molecule has 1 heterocycles. The lowest BCUT2D eigenvalue weighted by molar-refractivity contribution is 0.00578. The van der Waals surface area contributed by atoms with Crippen LogP contribution in [0.5, 0.6) is 5.75 Å². The SMILES string of the molecule is C[C@H](COc1ccc(B2OC(C)(C)C(C)(C)O2)cc1)NC(=O)O. The smallest absolute Gasteiger partial charge is 0.491 e. The molecule has 126 valence electrons. The lowest BCUT2D eigenvalue weighted by atomic mass is 9.79. The number of nitrogens with one attached hydrogen (secondary N) is 1. The summed E-state index contributed by atoms with van der Waals surface area (Å²) in [4.78, 5) is 10.5. The van der Waals surface area contributed by atoms with E-state index in [0.717, 1.165) is 5.46 Å². The van der Waals surface area contributed by atoms with Crippen molar-refractivity contribution in [2.45, 2.75) is 51.9 Å². The minimum atomic E-state index is -1.06. The van der Waals surface area contributed by atoms with Gasteiger partial charge in [0, 0.05) is 0 Å². The van der Waals surface area contributed by atoms with Gasteiger partial charge in [0.25, 0.3) is 0 Å². The second kappa shape index (κ2) is 6.41. The summed E-state index contributed by atoms with van der Waals surface area (Å²) in [5.41, 5.74) is 0.183. The summed E-state index contributed by atoms with van der Waals surface area (Å²) in [6, 6.07) is 7.16. The van der Waals surface area contributed by atoms with Gasteiger partial charge in [0.1, 0.15) is 12.4 Å². The molecule has 23 heavy (non-hydrogen) atoms. The predicted molar refractivity (Wildman–Crippen MR) is 88.3 cm³/mol. The highest BCUT2D eigenvalue weighted by Gasteiger charge is 2.51. The van der Waals surface area contributed by atoms with E-state index in [1.54, 1.807) is 6.92 Å². The van der Waals surface area contributed by atoms with Gasteiger partial charge in [-0.05, 0) is 52.2 Å². The molecule has 2 rings (SSSR count). The van der Waals surface area contributed by atoms with Gasteiger partial charge in [0.05, 0.1) is 17.2 Å². The van der Waals surface area contributed by atoms with Crippen molar-refractivity contribution in [3.05, 3.63) is 24.3 Å². The molecule has 0 radical (unpaired) electrons. The molecular weight excluding hydrogens is 297 g/mol. The number of rotatable bonds is 5. The Morgan fingerprint density at radius 2 is 1.74 bits per heavy atom. The Kier molecular flexibility index (Phi) is 4.91. The van der Waals surface area contributed by atoms with Crippen LogP contribution in [-0.2, 0) is 9.31 Å². The molecular formula is C16H24BNO5. The van der Waals surface area contributed by atoms with Crippen molar-refractivity contribution in [3.63, 3.8) is 0 Å². The zero-order valence-corrected chi connectivity index (χ0v) is 14.3. The van der Waals surface area contributed by atoms with Crippen LogP contribution in [0.15, 0.2) is 24.3 Å². The molecule has 2 N–H and O–H groups in total. The molecule has 0 saturated carbocycles. The summed E-state index contributed by atoms with van der Waals surface area (Å²) in [6.07, 6.45) is -1.06. The highest BCUT2D eigenvalue weighted by molar-refractivity contribution is 6.62. The minimum Gasteiger partial charge on any atom is -0.491 e. The second-order valence-electron chi connectivity index (χ2n) is 6.82. The maximum atomic E-state index is 10.5. The summed E-state index contributed by atoms with van der Waals surface area (Å²) < 4.78 is 17.5. The van der Waals surface area contributed by atoms with Crippen molar-refractivity contribution < 1.29 is 23.9 Å². The molecule has 1 aromatic carbocycles. The van der Waals surface area contributed by atoms with Gasteiger partial charge >= 0.3 is 13.2 Å². The standard InChI is InChI=1S/C16H24BNO5/c1-11(18-14(19)20)10-21-13-8-6-12(7-9-13)17-22-15(2,3)16(4,5)23-17/h6-9,11,18H,10H2,1-5H3,(H,19,20)/t11-/m1/s1. The molecule has 1 aliphatic rings. The number of carboxylic acid groups (broad SMARTS) is 1. The Morgan fingerprint density at radius 1 is 1.22 bits per heavy atom. The van der Waals surface area contributed by atoms with Gasteiger partial charge in [0.15, 0.2) is 0 Å². The maximum Gasteiger partial charge on any atom is 0.494 e. The number of hydrogen-bond acceptors (Lipinski definition) is 4. The molecule has 0 aromatic heterocycles. The molecule has 0 bridgehead atoms.